The van der Waals surface area contributed by atoms with Crippen LogP contribution in [0, 0.1) is 0 Å². The highest BCUT2D eigenvalue weighted by Crippen LogP contribution is 2.17. The number of alkyl halides is 2. The summed E-state index contributed by atoms with van der Waals surface area (Å²) in [5.74, 6) is 0. The van der Waals surface area contributed by atoms with Gasteiger partial charge in [-0.3, -0.25) is 0 Å². The number of hydrogen-bond donors (Lipinski definition) is 3. The molecule has 88 valence electrons. The molecule has 1 unspecified atom stereocenters. The second kappa shape index (κ2) is 5.29. The molecule has 0 saturated carbocycles. The highest BCUT2D eigenvalue weighted by atomic mass is 19.3. The van der Waals surface area contributed by atoms with E-state index < -0.39 is 18.5 Å². The Morgan fingerprint density at radius 3 is 2.56 bits per heavy atom. The molecule has 0 aromatic heterocycles. The van der Waals surface area contributed by atoms with E-state index >= 15 is 0 Å². The molecule has 0 spiro atoms. The van der Waals surface area contributed by atoms with Crippen LogP contribution in [-0.4, -0.2) is 18.5 Å². The van der Waals surface area contributed by atoms with Crippen molar-refractivity contribution in [1.29, 1.82) is 0 Å². The zero-order chi connectivity index (χ0) is 12.1. The molecule has 2 amide bonds. The van der Waals surface area contributed by atoms with Gasteiger partial charge in [0.25, 0.3) is 6.43 Å². The van der Waals surface area contributed by atoms with Crippen LogP contribution in [0.2, 0.25) is 0 Å². The molecule has 0 radical (unpaired) electrons. The van der Waals surface area contributed by atoms with E-state index in [0.717, 1.165) is 0 Å². The molecule has 1 aromatic rings. The molecule has 4 nitrogen and oxygen atoms in total. The zero-order valence-electron chi connectivity index (χ0n) is 8.71. The Balaban J connectivity index is 2.70. The second-order valence-corrected chi connectivity index (χ2v) is 3.34. The van der Waals surface area contributed by atoms with Crippen molar-refractivity contribution in [2.24, 2.45) is 5.73 Å². The maximum atomic E-state index is 12.3. The van der Waals surface area contributed by atoms with E-state index in [9.17, 15) is 13.6 Å². The van der Waals surface area contributed by atoms with Gasteiger partial charge < -0.3 is 16.4 Å². The molecule has 1 aromatic carbocycles. The van der Waals surface area contributed by atoms with E-state index in [2.05, 4.69) is 10.6 Å². The molecule has 0 saturated heterocycles. The van der Waals surface area contributed by atoms with Gasteiger partial charge in [-0.25, -0.2) is 13.6 Å². The van der Waals surface area contributed by atoms with Gasteiger partial charge >= 0.3 is 6.03 Å². The van der Waals surface area contributed by atoms with Gasteiger partial charge in [0.05, 0.1) is 6.04 Å². The average Bonchev–Trinajstić information content (AvgIpc) is 2.16. The van der Waals surface area contributed by atoms with Crippen LogP contribution in [0.4, 0.5) is 25.0 Å². The van der Waals surface area contributed by atoms with E-state index in [0.29, 0.717) is 11.4 Å². The van der Waals surface area contributed by atoms with E-state index in [-0.39, 0.29) is 0 Å². The number of carbonyl (C=O) groups is 1. The van der Waals surface area contributed by atoms with Crippen LogP contribution >= 0.6 is 0 Å². The fourth-order valence-corrected chi connectivity index (χ4v) is 1.15. The summed E-state index contributed by atoms with van der Waals surface area (Å²) in [5.41, 5.74) is 5.89. The average molecular weight is 229 g/mol. The Kier molecular flexibility index (Phi) is 4.04. The van der Waals surface area contributed by atoms with E-state index in [1.807, 2.05) is 0 Å². The SMILES string of the molecule is CC(Nc1cccc(NC(N)=O)c1)C(F)F. The summed E-state index contributed by atoms with van der Waals surface area (Å²) in [6.07, 6.45) is -2.45. The molecule has 0 fully saturated rings. The van der Waals surface area contributed by atoms with Crippen molar-refractivity contribution in [1.82, 2.24) is 0 Å². The Bertz CT molecular complexity index is 371. The van der Waals surface area contributed by atoms with Crippen molar-refractivity contribution in [3.63, 3.8) is 0 Å². The van der Waals surface area contributed by atoms with Crippen molar-refractivity contribution in [3.05, 3.63) is 24.3 Å². The second-order valence-electron chi connectivity index (χ2n) is 3.34. The molecule has 0 bridgehead atoms. The lowest BCUT2D eigenvalue weighted by Crippen LogP contribution is -2.24. The van der Waals surface area contributed by atoms with Crippen LogP contribution in [0.3, 0.4) is 0 Å². The summed E-state index contributed by atoms with van der Waals surface area (Å²) in [7, 11) is 0. The minimum atomic E-state index is -2.45. The summed E-state index contributed by atoms with van der Waals surface area (Å²) in [6, 6.07) is 4.76. The molecular weight excluding hydrogens is 216 g/mol. The largest absolute Gasteiger partial charge is 0.377 e. The van der Waals surface area contributed by atoms with Crippen molar-refractivity contribution in [2.75, 3.05) is 10.6 Å². The summed E-state index contributed by atoms with van der Waals surface area (Å²) in [6.45, 7) is 1.37. The zero-order valence-corrected chi connectivity index (χ0v) is 8.71. The minimum Gasteiger partial charge on any atom is -0.377 e. The van der Waals surface area contributed by atoms with Gasteiger partial charge in [0, 0.05) is 11.4 Å². The predicted octanol–water partition coefficient (Wildman–Crippen LogP) is 2.24. The third kappa shape index (κ3) is 3.72. The Labute approximate surface area is 91.8 Å². The van der Waals surface area contributed by atoms with Crippen LogP contribution in [0.15, 0.2) is 24.3 Å². The number of hydrogen-bond acceptors (Lipinski definition) is 2. The Morgan fingerprint density at radius 1 is 1.38 bits per heavy atom. The lowest BCUT2D eigenvalue weighted by molar-refractivity contribution is 0.131. The molecule has 6 heteroatoms. The lowest BCUT2D eigenvalue weighted by Gasteiger charge is -2.14. The summed E-state index contributed by atoms with van der Waals surface area (Å²) >= 11 is 0. The highest BCUT2D eigenvalue weighted by Gasteiger charge is 2.13. The lowest BCUT2D eigenvalue weighted by atomic mass is 10.2. The molecule has 0 aliphatic carbocycles. The molecule has 0 heterocycles. The van der Waals surface area contributed by atoms with Gasteiger partial charge in [-0.05, 0) is 25.1 Å². The summed E-state index contributed by atoms with van der Waals surface area (Å²) < 4.78 is 24.5. The first kappa shape index (κ1) is 12.2. The van der Waals surface area contributed by atoms with Gasteiger partial charge in [0.2, 0.25) is 0 Å². The summed E-state index contributed by atoms with van der Waals surface area (Å²) in [5, 5.41) is 4.97. The van der Waals surface area contributed by atoms with Gasteiger partial charge in [0.15, 0.2) is 0 Å². The quantitative estimate of drug-likeness (QED) is 0.741. The first-order chi connectivity index (χ1) is 7.49. The molecule has 1 rings (SSSR count). The number of nitrogens with two attached hydrogens (primary N) is 1. The Morgan fingerprint density at radius 2 is 2.00 bits per heavy atom. The van der Waals surface area contributed by atoms with Gasteiger partial charge in [0.1, 0.15) is 0 Å². The van der Waals surface area contributed by atoms with E-state index in [1.165, 1.54) is 13.0 Å². The summed E-state index contributed by atoms with van der Waals surface area (Å²) in [4.78, 5) is 10.6. The monoisotopic (exact) mass is 229 g/mol. The third-order valence-electron chi connectivity index (χ3n) is 1.90. The molecule has 16 heavy (non-hydrogen) atoms. The number of amides is 2. The Hall–Kier alpha value is -1.85. The molecule has 0 aliphatic rings. The maximum Gasteiger partial charge on any atom is 0.316 e. The van der Waals surface area contributed by atoms with Crippen molar-refractivity contribution in [2.45, 2.75) is 19.4 Å². The molecule has 1 atom stereocenters. The predicted molar refractivity (Wildman–Crippen MR) is 58.7 cm³/mol. The standard InChI is InChI=1S/C10H13F2N3O/c1-6(9(11)12)14-7-3-2-4-8(5-7)15-10(13)16/h2-6,9,14H,1H3,(H3,13,15,16). The first-order valence-corrected chi connectivity index (χ1v) is 4.70. The topological polar surface area (TPSA) is 67.2 Å². The van der Waals surface area contributed by atoms with Crippen LogP contribution in [0.1, 0.15) is 6.92 Å². The number of carbonyl (C=O) groups excluding carboxylic acids is 1. The number of primary amides is 1. The maximum absolute atomic E-state index is 12.3. The number of rotatable bonds is 4. The number of benzene rings is 1. The van der Waals surface area contributed by atoms with Crippen molar-refractivity contribution in [3.8, 4) is 0 Å². The normalized spacial score (nSPS) is 12.2. The van der Waals surface area contributed by atoms with Gasteiger partial charge in [-0.2, -0.15) is 0 Å². The molecule has 0 aliphatic heterocycles. The van der Waals surface area contributed by atoms with E-state index in [4.69, 9.17) is 5.73 Å². The number of urea groups is 1. The minimum absolute atomic E-state index is 0.457. The fourth-order valence-electron chi connectivity index (χ4n) is 1.15. The number of anilines is 2. The number of nitrogens with one attached hydrogen (secondary N) is 2. The van der Waals surface area contributed by atoms with E-state index in [1.54, 1.807) is 18.2 Å². The first-order valence-electron chi connectivity index (χ1n) is 4.70. The van der Waals surface area contributed by atoms with Gasteiger partial charge in [-0.1, -0.05) is 6.07 Å². The highest BCUT2D eigenvalue weighted by molar-refractivity contribution is 5.88. The van der Waals surface area contributed by atoms with Crippen LogP contribution in [0.25, 0.3) is 0 Å². The van der Waals surface area contributed by atoms with Crippen LogP contribution in [0.5, 0.6) is 0 Å². The van der Waals surface area contributed by atoms with Crippen molar-refractivity contribution < 1.29 is 13.6 Å². The van der Waals surface area contributed by atoms with Crippen LogP contribution < -0.4 is 16.4 Å². The van der Waals surface area contributed by atoms with Crippen LogP contribution in [-0.2, 0) is 0 Å². The molecular formula is C10H13F2N3O. The third-order valence-corrected chi connectivity index (χ3v) is 1.90. The van der Waals surface area contributed by atoms with Crippen molar-refractivity contribution >= 4 is 17.4 Å². The smallest absolute Gasteiger partial charge is 0.316 e. The number of halogens is 2. The fraction of sp³-hybridized carbons (Fsp3) is 0.300. The van der Waals surface area contributed by atoms with Gasteiger partial charge in [-0.15, -0.1) is 0 Å². The molecule has 4 N–H and O–H groups in total.